The van der Waals surface area contributed by atoms with Crippen molar-refractivity contribution in [2.45, 2.75) is 19.4 Å². The molecule has 0 radical (unpaired) electrons. The van der Waals surface area contributed by atoms with Gasteiger partial charge in [-0.25, -0.2) is 0 Å². The highest BCUT2D eigenvalue weighted by molar-refractivity contribution is 9.10. The van der Waals surface area contributed by atoms with E-state index in [1.807, 2.05) is 0 Å². The largest absolute Gasteiger partial charge is 0.345 e. The van der Waals surface area contributed by atoms with Gasteiger partial charge in [-0.05, 0) is 24.6 Å². The SMILES string of the molecule is C[C@@H](NC(=O)C(F)F)c1ccc(Br)cc1. The fraction of sp³-hybridized carbons (Fsp3) is 0.300. The Bertz CT molecular complexity index is 340. The molecule has 1 N–H and O–H groups in total. The van der Waals surface area contributed by atoms with Crippen molar-refractivity contribution < 1.29 is 13.6 Å². The van der Waals surface area contributed by atoms with Crippen LogP contribution in [0.3, 0.4) is 0 Å². The minimum Gasteiger partial charge on any atom is -0.345 e. The maximum absolute atomic E-state index is 11.9. The van der Waals surface area contributed by atoms with Gasteiger partial charge in [-0.3, -0.25) is 4.79 Å². The van der Waals surface area contributed by atoms with Crippen LogP contribution >= 0.6 is 15.9 Å². The number of amides is 1. The third kappa shape index (κ3) is 3.58. The van der Waals surface area contributed by atoms with Crippen LogP contribution in [-0.2, 0) is 4.79 Å². The van der Waals surface area contributed by atoms with Crippen LogP contribution in [0, 0.1) is 0 Å². The minimum absolute atomic E-state index is 0.417. The van der Waals surface area contributed by atoms with Gasteiger partial charge in [0, 0.05) is 4.47 Å². The Hall–Kier alpha value is -0.970. The normalized spacial score (nSPS) is 12.6. The van der Waals surface area contributed by atoms with Gasteiger partial charge in [0.2, 0.25) is 0 Å². The van der Waals surface area contributed by atoms with Crippen molar-refractivity contribution in [1.29, 1.82) is 0 Å². The van der Waals surface area contributed by atoms with Gasteiger partial charge in [0.15, 0.2) is 0 Å². The number of alkyl halides is 2. The van der Waals surface area contributed by atoms with Gasteiger partial charge in [0.05, 0.1) is 6.04 Å². The average Bonchev–Trinajstić information content (AvgIpc) is 2.18. The maximum atomic E-state index is 11.9. The first-order chi connectivity index (χ1) is 7.00. The number of benzene rings is 1. The van der Waals surface area contributed by atoms with Crippen LogP contribution in [0.2, 0.25) is 0 Å². The summed E-state index contributed by atoms with van der Waals surface area (Å²) >= 11 is 3.26. The first-order valence-corrected chi connectivity index (χ1v) is 5.14. The molecule has 1 aromatic rings. The van der Waals surface area contributed by atoms with Crippen LogP contribution in [0.5, 0.6) is 0 Å². The zero-order valence-electron chi connectivity index (χ0n) is 8.01. The number of carbonyl (C=O) groups is 1. The predicted molar refractivity (Wildman–Crippen MR) is 56.7 cm³/mol. The van der Waals surface area contributed by atoms with Crippen molar-refractivity contribution in [3.63, 3.8) is 0 Å². The van der Waals surface area contributed by atoms with Crippen molar-refractivity contribution in [3.8, 4) is 0 Å². The average molecular weight is 278 g/mol. The monoisotopic (exact) mass is 277 g/mol. The molecule has 0 saturated heterocycles. The summed E-state index contributed by atoms with van der Waals surface area (Å²) in [5, 5.41) is 2.21. The number of nitrogens with one attached hydrogen (secondary N) is 1. The molecule has 82 valence electrons. The summed E-state index contributed by atoms with van der Waals surface area (Å²) in [6, 6.07) is 6.70. The molecule has 0 unspecified atom stereocenters. The second kappa shape index (κ2) is 5.21. The van der Waals surface area contributed by atoms with Crippen LogP contribution in [0.15, 0.2) is 28.7 Å². The fourth-order valence-corrected chi connectivity index (χ4v) is 1.38. The molecule has 0 aliphatic carbocycles. The molecule has 5 heteroatoms. The summed E-state index contributed by atoms with van der Waals surface area (Å²) in [5.74, 6) is -1.24. The Morgan fingerprint density at radius 1 is 1.33 bits per heavy atom. The van der Waals surface area contributed by atoms with E-state index in [9.17, 15) is 13.6 Å². The molecule has 0 saturated carbocycles. The Kier molecular flexibility index (Phi) is 4.20. The summed E-state index contributed by atoms with van der Waals surface area (Å²) in [6.45, 7) is 1.66. The Balaban J connectivity index is 2.65. The Labute approximate surface area is 94.8 Å². The van der Waals surface area contributed by atoms with E-state index in [1.165, 1.54) is 0 Å². The number of hydrogen-bond donors (Lipinski definition) is 1. The molecular formula is C10H10BrF2NO. The van der Waals surface area contributed by atoms with Crippen LogP contribution in [0.1, 0.15) is 18.5 Å². The highest BCUT2D eigenvalue weighted by Crippen LogP contribution is 2.16. The number of carbonyl (C=O) groups excluding carboxylic acids is 1. The van der Waals surface area contributed by atoms with Crippen LogP contribution in [-0.4, -0.2) is 12.3 Å². The summed E-state index contributed by atoms with van der Waals surface area (Å²) in [5.41, 5.74) is 0.784. The van der Waals surface area contributed by atoms with Crippen molar-refractivity contribution >= 4 is 21.8 Å². The second-order valence-corrected chi connectivity index (χ2v) is 4.00. The van der Waals surface area contributed by atoms with Crippen molar-refractivity contribution in [2.24, 2.45) is 0 Å². The van der Waals surface area contributed by atoms with Crippen molar-refractivity contribution in [3.05, 3.63) is 34.3 Å². The molecule has 1 rings (SSSR count). The lowest BCUT2D eigenvalue weighted by Gasteiger charge is -2.13. The van der Waals surface area contributed by atoms with Crippen LogP contribution in [0.4, 0.5) is 8.78 Å². The van der Waals surface area contributed by atoms with Crippen molar-refractivity contribution in [2.75, 3.05) is 0 Å². The van der Waals surface area contributed by atoms with Crippen LogP contribution in [0.25, 0.3) is 0 Å². The lowest BCUT2D eigenvalue weighted by molar-refractivity contribution is -0.132. The molecule has 1 aromatic carbocycles. The lowest BCUT2D eigenvalue weighted by atomic mass is 10.1. The molecule has 0 spiro atoms. The lowest BCUT2D eigenvalue weighted by Crippen LogP contribution is -2.31. The highest BCUT2D eigenvalue weighted by Gasteiger charge is 2.17. The van der Waals surface area contributed by atoms with Gasteiger partial charge < -0.3 is 5.32 Å². The topological polar surface area (TPSA) is 29.1 Å². The summed E-state index contributed by atoms with van der Waals surface area (Å²) in [6.07, 6.45) is -2.97. The molecule has 0 aromatic heterocycles. The highest BCUT2D eigenvalue weighted by atomic mass is 79.9. The number of hydrogen-bond acceptors (Lipinski definition) is 1. The van der Waals surface area contributed by atoms with E-state index < -0.39 is 18.4 Å². The molecule has 0 fully saturated rings. The summed E-state index contributed by atoms with van der Waals surface area (Å²) in [4.78, 5) is 10.7. The Morgan fingerprint density at radius 2 is 1.87 bits per heavy atom. The summed E-state index contributed by atoms with van der Waals surface area (Å²) < 4.78 is 24.8. The zero-order chi connectivity index (χ0) is 11.4. The zero-order valence-corrected chi connectivity index (χ0v) is 9.59. The van der Waals surface area contributed by atoms with E-state index in [4.69, 9.17) is 0 Å². The van der Waals surface area contributed by atoms with E-state index in [0.29, 0.717) is 0 Å². The van der Waals surface area contributed by atoms with Gasteiger partial charge >= 0.3 is 6.43 Å². The molecular weight excluding hydrogens is 268 g/mol. The first-order valence-electron chi connectivity index (χ1n) is 4.34. The Morgan fingerprint density at radius 3 is 2.33 bits per heavy atom. The molecule has 1 atom stereocenters. The predicted octanol–water partition coefficient (Wildman–Crippen LogP) is 2.89. The van der Waals surface area contributed by atoms with Crippen LogP contribution < -0.4 is 5.32 Å². The third-order valence-corrected chi connectivity index (χ3v) is 2.46. The fourth-order valence-electron chi connectivity index (χ4n) is 1.11. The quantitative estimate of drug-likeness (QED) is 0.905. The molecule has 0 aliphatic heterocycles. The van der Waals surface area contributed by atoms with E-state index in [2.05, 4.69) is 21.2 Å². The van der Waals surface area contributed by atoms with Crippen molar-refractivity contribution in [1.82, 2.24) is 5.32 Å². The molecule has 0 aliphatic rings. The van der Waals surface area contributed by atoms with Gasteiger partial charge in [-0.15, -0.1) is 0 Å². The van der Waals surface area contributed by atoms with E-state index >= 15 is 0 Å². The number of halogens is 3. The van der Waals surface area contributed by atoms with E-state index in [0.717, 1.165) is 10.0 Å². The number of rotatable bonds is 3. The minimum atomic E-state index is -2.97. The smallest absolute Gasteiger partial charge is 0.315 e. The standard InChI is InChI=1S/C10H10BrF2NO/c1-6(14-10(15)9(12)13)7-2-4-8(11)5-3-7/h2-6,9H,1H3,(H,14,15)/t6-/m1/s1. The van der Waals surface area contributed by atoms with E-state index in [-0.39, 0.29) is 0 Å². The first kappa shape index (κ1) is 12.1. The second-order valence-electron chi connectivity index (χ2n) is 3.08. The third-order valence-electron chi connectivity index (χ3n) is 1.93. The van der Waals surface area contributed by atoms with Gasteiger partial charge in [-0.2, -0.15) is 8.78 Å². The maximum Gasteiger partial charge on any atom is 0.315 e. The molecule has 0 heterocycles. The molecule has 1 amide bonds. The summed E-state index contributed by atoms with van der Waals surface area (Å²) in [7, 11) is 0. The van der Waals surface area contributed by atoms with Gasteiger partial charge in [0.1, 0.15) is 0 Å². The molecule has 2 nitrogen and oxygen atoms in total. The van der Waals surface area contributed by atoms with Gasteiger partial charge in [0.25, 0.3) is 5.91 Å². The van der Waals surface area contributed by atoms with Gasteiger partial charge in [-0.1, -0.05) is 28.1 Å². The molecule has 0 bridgehead atoms. The van der Waals surface area contributed by atoms with E-state index in [1.54, 1.807) is 31.2 Å². The molecule has 15 heavy (non-hydrogen) atoms.